The largest absolute Gasteiger partial charge is 0.388 e. The third-order valence-electron chi connectivity index (χ3n) is 3.81. The average Bonchev–Trinajstić information content (AvgIpc) is 2.47. The van der Waals surface area contributed by atoms with Crippen LogP contribution in [0.1, 0.15) is 44.8 Å². The molecule has 1 heterocycles. The molecule has 0 bridgehead atoms. The van der Waals surface area contributed by atoms with Crippen molar-refractivity contribution in [3.8, 4) is 0 Å². The zero-order valence-electron chi connectivity index (χ0n) is 12.0. The molecule has 1 aliphatic rings. The molecule has 0 aliphatic carbocycles. The van der Waals surface area contributed by atoms with Crippen LogP contribution in [0, 0.1) is 0 Å². The van der Waals surface area contributed by atoms with Crippen molar-refractivity contribution < 1.29 is 9.84 Å². The normalized spacial score (nSPS) is 21.4. The van der Waals surface area contributed by atoms with Gasteiger partial charge in [-0.3, -0.25) is 0 Å². The second-order valence-corrected chi connectivity index (χ2v) is 5.18. The number of rotatable bonds is 5. The lowest BCUT2D eigenvalue weighted by Gasteiger charge is -2.34. The van der Waals surface area contributed by atoms with Gasteiger partial charge in [0, 0.05) is 25.4 Å². The van der Waals surface area contributed by atoms with Crippen LogP contribution in [0.4, 0.5) is 5.69 Å². The predicted molar refractivity (Wildman–Crippen MR) is 78.6 cm³/mol. The van der Waals surface area contributed by atoms with Gasteiger partial charge in [-0.05, 0) is 43.9 Å². The number of nitrogens with zero attached hydrogens (tertiary/aromatic N) is 1. The molecular weight excluding hydrogens is 238 g/mol. The third kappa shape index (κ3) is 3.71. The molecule has 0 saturated carbocycles. The number of piperidine rings is 1. The molecule has 0 spiro atoms. The number of anilines is 1. The van der Waals surface area contributed by atoms with Crippen LogP contribution in [0.25, 0.3) is 0 Å². The molecule has 1 fully saturated rings. The molecule has 1 unspecified atom stereocenters. The maximum absolute atomic E-state index is 9.81. The summed E-state index contributed by atoms with van der Waals surface area (Å²) in [4.78, 5) is 2.38. The Labute approximate surface area is 116 Å². The first-order valence-electron chi connectivity index (χ1n) is 7.39. The van der Waals surface area contributed by atoms with Crippen LogP contribution >= 0.6 is 0 Å². The van der Waals surface area contributed by atoms with Gasteiger partial charge in [0.05, 0.1) is 12.2 Å². The summed E-state index contributed by atoms with van der Waals surface area (Å²) in [5, 5.41) is 9.81. The monoisotopic (exact) mass is 263 g/mol. The van der Waals surface area contributed by atoms with Crippen LogP contribution in [0.5, 0.6) is 0 Å². The molecule has 2 rings (SSSR count). The summed E-state index contributed by atoms with van der Waals surface area (Å²) in [6.45, 7) is 6.92. The van der Waals surface area contributed by atoms with Gasteiger partial charge in [0.1, 0.15) is 0 Å². The number of ether oxygens (including phenoxy) is 1. The molecule has 1 N–H and O–H groups in total. The van der Waals surface area contributed by atoms with Gasteiger partial charge in [-0.15, -0.1) is 0 Å². The van der Waals surface area contributed by atoms with Gasteiger partial charge in [0.25, 0.3) is 0 Å². The van der Waals surface area contributed by atoms with Crippen LogP contribution in [0.3, 0.4) is 0 Å². The van der Waals surface area contributed by atoms with E-state index in [2.05, 4.69) is 24.0 Å². The molecule has 0 amide bonds. The highest BCUT2D eigenvalue weighted by Crippen LogP contribution is 2.24. The highest BCUT2D eigenvalue weighted by molar-refractivity contribution is 5.48. The summed E-state index contributed by atoms with van der Waals surface area (Å²) in [5.74, 6) is 0. The number of aliphatic hydroxyl groups is 1. The second-order valence-electron chi connectivity index (χ2n) is 5.18. The van der Waals surface area contributed by atoms with Gasteiger partial charge in [0.15, 0.2) is 0 Å². The molecule has 3 nitrogen and oxygen atoms in total. The maximum Gasteiger partial charge on any atom is 0.0787 e. The van der Waals surface area contributed by atoms with E-state index in [1.165, 1.54) is 12.1 Å². The Bertz CT molecular complexity index is 375. The summed E-state index contributed by atoms with van der Waals surface area (Å²) in [6.07, 6.45) is 3.13. The van der Waals surface area contributed by atoms with Gasteiger partial charge in [-0.2, -0.15) is 0 Å². The standard InChI is InChI=1S/C16H25NO2/c1-3-16(18)13-7-9-14(10-8-13)17-11-5-6-15(12-17)19-4-2/h7-10,15-16,18H,3-6,11-12H2,1-2H3/t15?,16-/m1/s1. The van der Waals surface area contributed by atoms with Crippen LogP contribution < -0.4 is 4.90 Å². The van der Waals surface area contributed by atoms with E-state index >= 15 is 0 Å². The van der Waals surface area contributed by atoms with E-state index in [0.717, 1.165) is 38.1 Å². The zero-order chi connectivity index (χ0) is 13.7. The second kappa shape index (κ2) is 6.92. The smallest absolute Gasteiger partial charge is 0.0787 e. The lowest BCUT2D eigenvalue weighted by Crippen LogP contribution is -2.39. The van der Waals surface area contributed by atoms with Crippen LogP contribution in [0.15, 0.2) is 24.3 Å². The van der Waals surface area contributed by atoms with Gasteiger partial charge < -0.3 is 14.7 Å². The molecule has 1 aromatic carbocycles. The fourth-order valence-corrected chi connectivity index (χ4v) is 2.69. The van der Waals surface area contributed by atoms with Crippen molar-refractivity contribution in [1.29, 1.82) is 0 Å². The molecule has 0 radical (unpaired) electrons. The van der Waals surface area contributed by atoms with E-state index in [9.17, 15) is 5.11 Å². The van der Waals surface area contributed by atoms with Crippen molar-refractivity contribution in [3.63, 3.8) is 0 Å². The van der Waals surface area contributed by atoms with E-state index in [1.807, 2.05) is 19.1 Å². The lowest BCUT2D eigenvalue weighted by atomic mass is 10.0. The van der Waals surface area contributed by atoms with Gasteiger partial charge in [-0.25, -0.2) is 0 Å². The number of hydrogen-bond acceptors (Lipinski definition) is 3. The Morgan fingerprint density at radius 3 is 2.68 bits per heavy atom. The summed E-state index contributed by atoms with van der Waals surface area (Å²) >= 11 is 0. The quantitative estimate of drug-likeness (QED) is 0.886. The van der Waals surface area contributed by atoms with Crippen LogP contribution in [-0.2, 0) is 4.74 Å². The SMILES string of the molecule is CCOC1CCCN(c2ccc([C@H](O)CC)cc2)C1. The van der Waals surface area contributed by atoms with E-state index < -0.39 is 0 Å². The minimum atomic E-state index is -0.341. The molecule has 1 saturated heterocycles. The fourth-order valence-electron chi connectivity index (χ4n) is 2.69. The summed E-state index contributed by atoms with van der Waals surface area (Å²) < 4.78 is 5.73. The first-order chi connectivity index (χ1) is 9.24. The minimum absolute atomic E-state index is 0.341. The van der Waals surface area contributed by atoms with Crippen molar-refractivity contribution in [2.45, 2.75) is 45.3 Å². The molecule has 1 aliphatic heterocycles. The van der Waals surface area contributed by atoms with Crippen molar-refractivity contribution in [1.82, 2.24) is 0 Å². The molecule has 106 valence electrons. The first-order valence-corrected chi connectivity index (χ1v) is 7.39. The van der Waals surface area contributed by atoms with Crippen molar-refractivity contribution in [2.24, 2.45) is 0 Å². The van der Waals surface area contributed by atoms with E-state index in [1.54, 1.807) is 0 Å². The highest BCUT2D eigenvalue weighted by atomic mass is 16.5. The minimum Gasteiger partial charge on any atom is -0.388 e. The Morgan fingerprint density at radius 2 is 2.05 bits per heavy atom. The van der Waals surface area contributed by atoms with Crippen molar-refractivity contribution in [3.05, 3.63) is 29.8 Å². The molecule has 0 aromatic heterocycles. The summed E-state index contributed by atoms with van der Waals surface area (Å²) in [7, 11) is 0. The number of benzene rings is 1. The van der Waals surface area contributed by atoms with Gasteiger partial charge in [0.2, 0.25) is 0 Å². The Kier molecular flexibility index (Phi) is 5.23. The van der Waals surface area contributed by atoms with Gasteiger partial charge >= 0.3 is 0 Å². The summed E-state index contributed by atoms with van der Waals surface area (Å²) in [6, 6.07) is 8.30. The number of aliphatic hydroxyl groups excluding tert-OH is 1. The Balaban J connectivity index is 2.01. The number of hydrogen-bond donors (Lipinski definition) is 1. The van der Waals surface area contributed by atoms with E-state index in [4.69, 9.17) is 4.74 Å². The van der Waals surface area contributed by atoms with E-state index in [-0.39, 0.29) is 6.10 Å². The van der Waals surface area contributed by atoms with Crippen LogP contribution in [-0.4, -0.2) is 30.9 Å². The fraction of sp³-hybridized carbons (Fsp3) is 0.625. The zero-order valence-corrected chi connectivity index (χ0v) is 12.0. The topological polar surface area (TPSA) is 32.7 Å². The maximum atomic E-state index is 9.81. The molecule has 2 atom stereocenters. The first kappa shape index (κ1) is 14.4. The van der Waals surface area contributed by atoms with Crippen LogP contribution in [0.2, 0.25) is 0 Å². The molecule has 19 heavy (non-hydrogen) atoms. The Hall–Kier alpha value is -1.06. The lowest BCUT2D eigenvalue weighted by molar-refractivity contribution is 0.0526. The molecule has 1 aromatic rings. The van der Waals surface area contributed by atoms with Crippen molar-refractivity contribution in [2.75, 3.05) is 24.6 Å². The average molecular weight is 263 g/mol. The third-order valence-corrected chi connectivity index (χ3v) is 3.81. The van der Waals surface area contributed by atoms with Crippen molar-refractivity contribution >= 4 is 5.69 Å². The predicted octanol–water partition coefficient (Wildman–Crippen LogP) is 3.14. The summed E-state index contributed by atoms with van der Waals surface area (Å²) in [5.41, 5.74) is 2.24. The van der Waals surface area contributed by atoms with E-state index in [0.29, 0.717) is 6.10 Å². The Morgan fingerprint density at radius 1 is 1.32 bits per heavy atom. The highest BCUT2D eigenvalue weighted by Gasteiger charge is 2.20. The molecular formula is C16H25NO2. The molecule has 3 heteroatoms. The van der Waals surface area contributed by atoms with Gasteiger partial charge in [-0.1, -0.05) is 19.1 Å².